The number of aliphatic hydroxyl groups excluding tert-OH is 2. The molecular formula is C13H17BrN6O4. The van der Waals surface area contributed by atoms with Crippen LogP contribution in [0.15, 0.2) is 14.5 Å². The number of aliphatic imine (C=N–C) groups is 1. The first kappa shape index (κ1) is 17.0. The topological polar surface area (TPSA) is 129 Å². The van der Waals surface area contributed by atoms with Crippen molar-refractivity contribution in [1.82, 2.24) is 24.4 Å². The van der Waals surface area contributed by atoms with Crippen LogP contribution >= 0.6 is 15.9 Å². The summed E-state index contributed by atoms with van der Waals surface area (Å²) in [6.45, 7) is -0.297. The Kier molecular flexibility index (Phi) is 4.67. The first-order chi connectivity index (χ1) is 11.4. The lowest BCUT2D eigenvalue weighted by Crippen LogP contribution is -2.24. The number of imidazole rings is 1. The van der Waals surface area contributed by atoms with Crippen molar-refractivity contribution < 1.29 is 14.9 Å². The summed E-state index contributed by atoms with van der Waals surface area (Å²) >= 11 is 3.29. The quantitative estimate of drug-likeness (QED) is 0.366. The maximum Gasteiger partial charge on any atom is 0.280 e. The fourth-order valence-electron chi connectivity index (χ4n) is 2.47. The minimum Gasteiger partial charge on any atom is -0.394 e. The SMILES string of the molecule is CN(C)C=Nc1nc2c(nc(Br)n2C2CC(O)C(CO)O2)c(=O)[nH]1. The first-order valence-electron chi connectivity index (χ1n) is 7.23. The average molecular weight is 401 g/mol. The first-order valence-corrected chi connectivity index (χ1v) is 8.02. The largest absolute Gasteiger partial charge is 0.394 e. The Bertz CT molecular complexity index is 832. The van der Waals surface area contributed by atoms with Gasteiger partial charge in [0.05, 0.1) is 19.0 Å². The van der Waals surface area contributed by atoms with E-state index < -0.39 is 24.0 Å². The summed E-state index contributed by atoms with van der Waals surface area (Å²) in [5, 5.41) is 19.2. The van der Waals surface area contributed by atoms with E-state index in [0.717, 1.165) is 0 Å². The fourth-order valence-corrected chi connectivity index (χ4v) is 3.04. The molecule has 0 saturated carbocycles. The number of aromatic nitrogens is 4. The number of hydrogen-bond acceptors (Lipinski definition) is 7. The number of halogens is 1. The van der Waals surface area contributed by atoms with E-state index in [0.29, 0.717) is 4.73 Å². The molecule has 0 spiro atoms. The number of ether oxygens (including phenoxy) is 1. The van der Waals surface area contributed by atoms with Crippen LogP contribution in [0.4, 0.5) is 5.95 Å². The Balaban J connectivity index is 2.08. The molecule has 130 valence electrons. The van der Waals surface area contributed by atoms with Crippen LogP contribution in [0.5, 0.6) is 0 Å². The molecule has 1 fully saturated rings. The van der Waals surface area contributed by atoms with Gasteiger partial charge in [-0.25, -0.2) is 9.98 Å². The third-order valence-electron chi connectivity index (χ3n) is 3.58. The summed E-state index contributed by atoms with van der Waals surface area (Å²) < 4.78 is 7.54. The lowest BCUT2D eigenvalue weighted by Gasteiger charge is -2.14. The van der Waals surface area contributed by atoms with Gasteiger partial charge in [0, 0.05) is 20.5 Å². The summed E-state index contributed by atoms with van der Waals surface area (Å²) in [6.07, 6.45) is -0.334. The Morgan fingerprint density at radius 3 is 2.92 bits per heavy atom. The lowest BCUT2D eigenvalue weighted by atomic mass is 10.2. The van der Waals surface area contributed by atoms with E-state index in [4.69, 9.17) is 4.74 Å². The molecule has 2 aromatic heterocycles. The predicted molar refractivity (Wildman–Crippen MR) is 89.3 cm³/mol. The zero-order valence-corrected chi connectivity index (χ0v) is 14.6. The van der Waals surface area contributed by atoms with Crippen molar-refractivity contribution in [1.29, 1.82) is 0 Å². The van der Waals surface area contributed by atoms with Gasteiger partial charge in [-0.2, -0.15) is 4.98 Å². The molecule has 3 heterocycles. The smallest absolute Gasteiger partial charge is 0.280 e. The van der Waals surface area contributed by atoms with Gasteiger partial charge in [-0.1, -0.05) is 0 Å². The van der Waals surface area contributed by atoms with Gasteiger partial charge in [0.25, 0.3) is 5.56 Å². The maximum atomic E-state index is 12.2. The van der Waals surface area contributed by atoms with Crippen molar-refractivity contribution in [2.75, 3.05) is 20.7 Å². The summed E-state index contributed by atoms with van der Waals surface area (Å²) in [5.41, 5.74) is -0.00820. The number of fused-ring (bicyclic) bond motifs is 1. The highest BCUT2D eigenvalue weighted by molar-refractivity contribution is 9.10. The molecule has 3 N–H and O–H groups in total. The Hall–Kier alpha value is -1.82. The summed E-state index contributed by atoms with van der Waals surface area (Å²) in [5.74, 6) is 0.132. The number of aromatic amines is 1. The maximum absolute atomic E-state index is 12.2. The van der Waals surface area contributed by atoms with Gasteiger partial charge >= 0.3 is 0 Å². The van der Waals surface area contributed by atoms with E-state index in [1.54, 1.807) is 23.6 Å². The van der Waals surface area contributed by atoms with Gasteiger partial charge in [0.15, 0.2) is 15.9 Å². The third-order valence-corrected chi connectivity index (χ3v) is 4.14. The van der Waals surface area contributed by atoms with Gasteiger partial charge < -0.3 is 19.8 Å². The highest BCUT2D eigenvalue weighted by Gasteiger charge is 2.36. The van der Waals surface area contributed by atoms with Crippen molar-refractivity contribution >= 4 is 39.4 Å². The van der Waals surface area contributed by atoms with Crippen molar-refractivity contribution in [3.63, 3.8) is 0 Å². The van der Waals surface area contributed by atoms with Crippen LogP contribution in [0.3, 0.4) is 0 Å². The number of H-pyrrole nitrogens is 1. The zero-order chi connectivity index (χ0) is 17.4. The van der Waals surface area contributed by atoms with Crippen LogP contribution in [0.2, 0.25) is 0 Å². The molecule has 3 rings (SSSR count). The van der Waals surface area contributed by atoms with E-state index in [-0.39, 0.29) is 30.1 Å². The molecule has 24 heavy (non-hydrogen) atoms. The second-order valence-electron chi connectivity index (χ2n) is 5.64. The summed E-state index contributed by atoms with van der Waals surface area (Å²) in [7, 11) is 3.59. The van der Waals surface area contributed by atoms with Crippen LogP contribution in [0, 0.1) is 0 Å². The standard InChI is InChI=1S/C13H17BrN6O4/c1-19(2)5-15-13-17-10-9(11(23)18-13)16-12(14)20(10)8-3-6(22)7(4-21)24-8/h5-8,21-22H,3-4H2,1-2H3,(H,17,18,23). The Labute approximate surface area is 144 Å². The predicted octanol–water partition coefficient (Wildman–Crippen LogP) is -0.256. The fraction of sp³-hybridized carbons (Fsp3) is 0.538. The van der Waals surface area contributed by atoms with Crippen LogP contribution < -0.4 is 5.56 Å². The molecule has 2 aromatic rings. The molecule has 1 aliphatic heterocycles. The van der Waals surface area contributed by atoms with E-state index in [1.807, 2.05) is 0 Å². The number of aliphatic hydroxyl groups is 2. The monoisotopic (exact) mass is 400 g/mol. The molecule has 0 bridgehead atoms. The molecular weight excluding hydrogens is 384 g/mol. The van der Waals surface area contributed by atoms with Gasteiger partial charge in [-0.05, 0) is 15.9 Å². The van der Waals surface area contributed by atoms with Crippen molar-refractivity contribution in [2.45, 2.75) is 24.9 Å². The van der Waals surface area contributed by atoms with Gasteiger partial charge in [-0.15, -0.1) is 0 Å². The summed E-state index contributed by atoms with van der Waals surface area (Å²) in [4.78, 5) is 29.0. The molecule has 3 unspecified atom stereocenters. The van der Waals surface area contributed by atoms with Gasteiger partial charge in [0.1, 0.15) is 12.3 Å². The highest BCUT2D eigenvalue weighted by Crippen LogP contribution is 2.33. The lowest BCUT2D eigenvalue weighted by molar-refractivity contribution is -0.0439. The van der Waals surface area contributed by atoms with Crippen molar-refractivity contribution in [3.8, 4) is 0 Å². The third kappa shape index (κ3) is 3.07. The molecule has 0 amide bonds. The van der Waals surface area contributed by atoms with E-state index in [9.17, 15) is 15.0 Å². The number of nitrogens with one attached hydrogen (secondary N) is 1. The molecule has 0 aromatic carbocycles. The molecule has 10 nitrogen and oxygen atoms in total. The number of nitrogens with zero attached hydrogens (tertiary/aromatic N) is 5. The van der Waals surface area contributed by atoms with E-state index in [1.165, 1.54) is 6.34 Å². The highest BCUT2D eigenvalue weighted by atomic mass is 79.9. The second kappa shape index (κ2) is 6.59. The second-order valence-corrected chi connectivity index (χ2v) is 6.34. The molecule has 1 aliphatic rings. The number of hydrogen-bond donors (Lipinski definition) is 3. The van der Waals surface area contributed by atoms with Crippen LogP contribution in [-0.2, 0) is 4.74 Å². The van der Waals surface area contributed by atoms with Gasteiger partial charge in [-0.3, -0.25) is 14.3 Å². The molecule has 0 radical (unpaired) electrons. The molecule has 3 atom stereocenters. The Morgan fingerprint density at radius 1 is 1.54 bits per heavy atom. The van der Waals surface area contributed by atoms with Crippen molar-refractivity contribution in [3.05, 3.63) is 15.1 Å². The Morgan fingerprint density at radius 2 is 2.29 bits per heavy atom. The zero-order valence-electron chi connectivity index (χ0n) is 13.0. The normalized spacial score (nSPS) is 24.3. The van der Waals surface area contributed by atoms with E-state index >= 15 is 0 Å². The minimum absolute atomic E-state index is 0.132. The van der Waals surface area contributed by atoms with Crippen LogP contribution in [-0.4, -0.2) is 73.9 Å². The number of rotatable bonds is 4. The average Bonchev–Trinajstić information content (AvgIpc) is 3.04. The van der Waals surface area contributed by atoms with Gasteiger partial charge in [0.2, 0.25) is 5.95 Å². The van der Waals surface area contributed by atoms with E-state index in [2.05, 4.69) is 35.9 Å². The van der Waals surface area contributed by atoms with Crippen molar-refractivity contribution in [2.24, 2.45) is 4.99 Å². The molecule has 11 heteroatoms. The van der Waals surface area contributed by atoms with Crippen LogP contribution in [0.1, 0.15) is 12.6 Å². The van der Waals surface area contributed by atoms with Crippen LogP contribution in [0.25, 0.3) is 11.2 Å². The minimum atomic E-state index is -0.808. The molecule has 1 saturated heterocycles. The summed E-state index contributed by atoms with van der Waals surface area (Å²) in [6, 6.07) is 0. The molecule has 0 aliphatic carbocycles.